The van der Waals surface area contributed by atoms with E-state index in [2.05, 4.69) is 0 Å². The third kappa shape index (κ3) is 6.80. The molecule has 0 aromatic heterocycles. The van der Waals surface area contributed by atoms with Crippen molar-refractivity contribution < 1.29 is 19.1 Å². The van der Waals surface area contributed by atoms with Crippen LogP contribution in [0.5, 0.6) is 0 Å². The maximum atomic E-state index is 12.1. The van der Waals surface area contributed by atoms with Gasteiger partial charge in [-0.05, 0) is 33.1 Å². The standard InChI is InChI=1S/C13H24N2O4.C2H6/c1-4-13(2,3)19-12(17)15-7-5-6-10(15)9-18-11(16)8-14;1-2/h10H,4-9,14H2,1-3H3;1-2H3. The number of carbonyl (C=O) groups is 2. The number of hydrogen-bond donors (Lipinski definition) is 1. The first-order valence-electron chi connectivity index (χ1n) is 7.75. The van der Waals surface area contributed by atoms with Crippen molar-refractivity contribution in [2.75, 3.05) is 19.7 Å². The van der Waals surface area contributed by atoms with Crippen LogP contribution >= 0.6 is 0 Å². The first kappa shape index (κ1) is 19.7. The lowest BCUT2D eigenvalue weighted by Gasteiger charge is -2.29. The summed E-state index contributed by atoms with van der Waals surface area (Å²) < 4.78 is 10.5. The van der Waals surface area contributed by atoms with Crippen LogP contribution in [0.15, 0.2) is 0 Å². The minimum absolute atomic E-state index is 0.101. The molecular weight excluding hydrogens is 272 g/mol. The molecule has 1 rings (SSSR count). The highest BCUT2D eigenvalue weighted by atomic mass is 16.6. The Balaban J connectivity index is 0.00000191. The fourth-order valence-electron chi connectivity index (χ4n) is 1.86. The Labute approximate surface area is 127 Å². The van der Waals surface area contributed by atoms with Crippen molar-refractivity contribution in [1.29, 1.82) is 0 Å². The van der Waals surface area contributed by atoms with Gasteiger partial charge in [0, 0.05) is 6.54 Å². The SMILES string of the molecule is CC.CCC(C)(C)OC(=O)N1CCCC1COC(=O)CN. The molecule has 0 bridgehead atoms. The normalized spacial score (nSPS) is 17.8. The van der Waals surface area contributed by atoms with Crippen molar-refractivity contribution in [3.63, 3.8) is 0 Å². The summed E-state index contributed by atoms with van der Waals surface area (Å²) in [7, 11) is 0. The van der Waals surface area contributed by atoms with Crippen molar-refractivity contribution in [1.82, 2.24) is 4.90 Å². The maximum absolute atomic E-state index is 12.1. The van der Waals surface area contributed by atoms with Crippen LogP contribution in [0, 0.1) is 0 Å². The molecule has 0 spiro atoms. The molecule has 124 valence electrons. The zero-order chi connectivity index (χ0) is 16.5. The number of likely N-dealkylation sites (tertiary alicyclic amines) is 1. The summed E-state index contributed by atoms with van der Waals surface area (Å²) >= 11 is 0. The molecule has 2 N–H and O–H groups in total. The minimum Gasteiger partial charge on any atom is -0.463 e. The minimum atomic E-state index is -0.474. The van der Waals surface area contributed by atoms with E-state index < -0.39 is 11.6 Å². The Morgan fingerprint density at radius 1 is 1.33 bits per heavy atom. The maximum Gasteiger partial charge on any atom is 0.410 e. The fraction of sp³-hybridized carbons (Fsp3) is 0.867. The molecule has 0 saturated carbocycles. The van der Waals surface area contributed by atoms with Gasteiger partial charge in [0.15, 0.2) is 0 Å². The smallest absolute Gasteiger partial charge is 0.410 e. The summed E-state index contributed by atoms with van der Waals surface area (Å²) in [6, 6.07) is -0.101. The van der Waals surface area contributed by atoms with Gasteiger partial charge >= 0.3 is 12.1 Å². The molecule has 0 aliphatic carbocycles. The summed E-state index contributed by atoms with van der Waals surface area (Å²) in [6.07, 6.45) is 2.13. The van der Waals surface area contributed by atoms with Crippen LogP contribution in [0.2, 0.25) is 0 Å². The summed E-state index contributed by atoms with van der Waals surface area (Å²) in [5, 5.41) is 0. The van der Waals surface area contributed by atoms with E-state index in [1.165, 1.54) is 0 Å². The van der Waals surface area contributed by atoms with Gasteiger partial charge < -0.3 is 20.1 Å². The zero-order valence-corrected chi connectivity index (χ0v) is 14.0. The van der Waals surface area contributed by atoms with Gasteiger partial charge in [0.25, 0.3) is 0 Å². The number of nitrogens with two attached hydrogens (primary N) is 1. The molecule has 1 amide bonds. The van der Waals surface area contributed by atoms with Crippen molar-refractivity contribution in [2.45, 2.75) is 65.5 Å². The first-order chi connectivity index (χ1) is 9.89. The molecule has 0 aromatic rings. The average Bonchev–Trinajstić information content (AvgIpc) is 2.95. The highest BCUT2D eigenvalue weighted by Crippen LogP contribution is 2.22. The third-order valence-electron chi connectivity index (χ3n) is 3.43. The Morgan fingerprint density at radius 2 is 1.95 bits per heavy atom. The van der Waals surface area contributed by atoms with Gasteiger partial charge in [0.05, 0.1) is 12.6 Å². The van der Waals surface area contributed by atoms with E-state index in [-0.39, 0.29) is 25.3 Å². The largest absolute Gasteiger partial charge is 0.463 e. The number of nitrogens with zero attached hydrogens (tertiary/aromatic N) is 1. The second kappa shape index (κ2) is 9.60. The number of ether oxygens (including phenoxy) is 2. The summed E-state index contributed by atoms with van der Waals surface area (Å²) in [5.41, 5.74) is 4.70. The summed E-state index contributed by atoms with van der Waals surface area (Å²) in [5.74, 6) is -0.450. The monoisotopic (exact) mass is 302 g/mol. The van der Waals surface area contributed by atoms with E-state index in [0.717, 1.165) is 19.3 Å². The summed E-state index contributed by atoms with van der Waals surface area (Å²) in [6.45, 7) is 10.4. The van der Waals surface area contributed by atoms with Gasteiger partial charge in [-0.25, -0.2) is 4.79 Å². The van der Waals surface area contributed by atoms with Crippen molar-refractivity contribution >= 4 is 12.1 Å². The molecule has 21 heavy (non-hydrogen) atoms. The van der Waals surface area contributed by atoms with Crippen LogP contribution in [-0.2, 0) is 14.3 Å². The molecule has 6 nitrogen and oxygen atoms in total. The number of hydrogen-bond acceptors (Lipinski definition) is 5. The lowest BCUT2D eigenvalue weighted by atomic mass is 10.1. The molecule has 1 saturated heterocycles. The highest BCUT2D eigenvalue weighted by Gasteiger charge is 2.33. The number of amides is 1. The van der Waals surface area contributed by atoms with Crippen LogP contribution in [-0.4, -0.2) is 48.3 Å². The fourth-order valence-corrected chi connectivity index (χ4v) is 1.86. The predicted molar refractivity (Wildman–Crippen MR) is 81.9 cm³/mol. The van der Waals surface area contributed by atoms with E-state index in [0.29, 0.717) is 6.54 Å². The molecule has 1 aliphatic heterocycles. The van der Waals surface area contributed by atoms with Gasteiger partial charge in [-0.1, -0.05) is 20.8 Å². The second-order valence-corrected chi connectivity index (χ2v) is 5.36. The Kier molecular flexibility index (Phi) is 9.01. The Morgan fingerprint density at radius 3 is 2.48 bits per heavy atom. The van der Waals surface area contributed by atoms with E-state index in [1.807, 2.05) is 34.6 Å². The van der Waals surface area contributed by atoms with E-state index in [9.17, 15) is 9.59 Å². The molecule has 1 aliphatic rings. The molecular formula is C15H30N2O4. The van der Waals surface area contributed by atoms with E-state index in [4.69, 9.17) is 15.2 Å². The quantitative estimate of drug-likeness (QED) is 0.788. The molecule has 0 aromatic carbocycles. The van der Waals surface area contributed by atoms with Gasteiger partial charge in [0.2, 0.25) is 0 Å². The van der Waals surface area contributed by atoms with Gasteiger partial charge in [-0.3, -0.25) is 4.79 Å². The van der Waals surface area contributed by atoms with Crippen LogP contribution in [0.25, 0.3) is 0 Å². The summed E-state index contributed by atoms with van der Waals surface area (Å²) in [4.78, 5) is 24.8. The van der Waals surface area contributed by atoms with Crippen LogP contribution in [0.4, 0.5) is 4.79 Å². The van der Waals surface area contributed by atoms with Gasteiger partial charge in [-0.2, -0.15) is 0 Å². The third-order valence-corrected chi connectivity index (χ3v) is 3.43. The molecule has 0 radical (unpaired) electrons. The van der Waals surface area contributed by atoms with Crippen LogP contribution in [0.1, 0.15) is 53.9 Å². The molecule has 1 unspecified atom stereocenters. The number of carbonyl (C=O) groups excluding carboxylic acids is 2. The van der Waals surface area contributed by atoms with Gasteiger partial charge in [-0.15, -0.1) is 0 Å². The Bertz CT molecular complexity index is 332. The Hall–Kier alpha value is -1.30. The second-order valence-electron chi connectivity index (χ2n) is 5.36. The van der Waals surface area contributed by atoms with Gasteiger partial charge in [0.1, 0.15) is 12.2 Å². The van der Waals surface area contributed by atoms with E-state index in [1.54, 1.807) is 4.90 Å². The average molecular weight is 302 g/mol. The zero-order valence-electron chi connectivity index (χ0n) is 14.0. The predicted octanol–water partition coefficient (Wildman–Crippen LogP) is 2.30. The molecule has 1 heterocycles. The van der Waals surface area contributed by atoms with E-state index >= 15 is 0 Å². The molecule has 1 fully saturated rings. The van der Waals surface area contributed by atoms with Crippen LogP contribution in [0.3, 0.4) is 0 Å². The number of rotatable bonds is 5. The van der Waals surface area contributed by atoms with Crippen LogP contribution < -0.4 is 5.73 Å². The highest BCUT2D eigenvalue weighted by molar-refractivity contribution is 5.71. The topological polar surface area (TPSA) is 81.9 Å². The van der Waals surface area contributed by atoms with Crippen molar-refractivity contribution in [3.05, 3.63) is 0 Å². The van der Waals surface area contributed by atoms with Crippen molar-refractivity contribution in [2.24, 2.45) is 5.73 Å². The first-order valence-corrected chi connectivity index (χ1v) is 7.75. The lowest BCUT2D eigenvalue weighted by molar-refractivity contribution is -0.143. The number of esters is 1. The lowest BCUT2D eigenvalue weighted by Crippen LogP contribution is -2.42. The van der Waals surface area contributed by atoms with Crippen molar-refractivity contribution in [3.8, 4) is 0 Å². The molecule has 6 heteroatoms. The molecule has 1 atom stereocenters.